The van der Waals surface area contributed by atoms with E-state index in [2.05, 4.69) is 81.5 Å². The molecule has 0 saturated heterocycles. The van der Waals surface area contributed by atoms with Gasteiger partial charge in [0.05, 0.1) is 17.6 Å². The van der Waals surface area contributed by atoms with Gasteiger partial charge < -0.3 is 9.47 Å². The Balaban J connectivity index is 1.25. The van der Waals surface area contributed by atoms with Crippen LogP contribution in [-0.2, 0) is 19.5 Å². The maximum Gasteiger partial charge on any atom is 0.258 e. The summed E-state index contributed by atoms with van der Waals surface area (Å²) in [7, 11) is 0. The molecule has 2 aromatic heterocycles. The van der Waals surface area contributed by atoms with Crippen LogP contribution >= 0.6 is 0 Å². The van der Waals surface area contributed by atoms with E-state index < -0.39 is 0 Å². The number of benzene rings is 4. The highest BCUT2D eigenvalue weighted by atomic mass is 16.2. The highest BCUT2D eigenvalue weighted by Gasteiger charge is 2.29. The second-order valence-corrected chi connectivity index (χ2v) is 10.9. The van der Waals surface area contributed by atoms with Crippen LogP contribution in [0, 0.1) is 6.92 Å². The summed E-state index contributed by atoms with van der Waals surface area (Å²) in [5.74, 6) is 1.78. The maximum absolute atomic E-state index is 13.3. The number of nitrogens with zero attached hydrogens (tertiary/aromatic N) is 6. The number of H-pyrrole nitrogens is 1. The van der Waals surface area contributed by atoms with Gasteiger partial charge in [0, 0.05) is 29.8 Å². The summed E-state index contributed by atoms with van der Waals surface area (Å²) in [6.07, 6.45) is 3.08. The van der Waals surface area contributed by atoms with E-state index in [-0.39, 0.29) is 5.91 Å². The standard InChI is InChI=1S/C34H31N7O/c1-3-4-13-31-35-32-22(2)18-26(40-21-25-9-5-6-11-28(25)34(40)42)19-30(32)41(31)20-23-14-16-24(17-15-23)27-10-7-8-12-29(27)33-36-38-39-37-33/h5-12,14-19H,3-4,13,20-21H2,1-2H3,(H,36,37,38,39). The monoisotopic (exact) mass is 553 g/mol. The number of hydrogen-bond donors (Lipinski definition) is 1. The van der Waals surface area contributed by atoms with Crippen molar-refractivity contribution < 1.29 is 4.79 Å². The van der Waals surface area contributed by atoms with E-state index in [4.69, 9.17) is 4.98 Å². The van der Waals surface area contributed by atoms with Crippen molar-refractivity contribution in [3.8, 4) is 22.5 Å². The molecule has 0 spiro atoms. The fourth-order valence-electron chi connectivity index (χ4n) is 5.93. The van der Waals surface area contributed by atoms with E-state index >= 15 is 0 Å². The Labute approximate surface area is 244 Å². The first-order chi connectivity index (χ1) is 20.6. The first-order valence-corrected chi connectivity index (χ1v) is 14.4. The molecule has 0 bridgehead atoms. The zero-order chi connectivity index (χ0) is 28.6. The lowest BCUT2D eigenvalue weighted by molar-refractivity contribution is 0.0996. The van der Waals surface area contributed by atoms with Crippen molar-refractivity contribution in [3.05, 3.63) is 113 Å². The molecule has 42 heavy (non-hydrogen) atoms. The third-order valence-electron chi connectivity index (χ3n) is 8.13. The van der Waals surface area contributed by atoms with Gasteiger partial charge in [0.1, 0.15) is 5.82 Å². The normalized spacial score (nSPS) is 12.8. The van der Waals surface area contributed by atoms with Crippen molar-refractivity contribution in [2.75, 3.05) is 4.90 Å². The number of unbranched alkanes of at least 4 members (excludes halogenated alkanes) is 1. The average Bonchev–Trinajstić information content (AvgIpc) is 3.76. The summed E-state index contributed by atoms with van der Waals surface area (Å²) in [5, 5.41) is 14.5. The molecule has 0 unspecified atom stereocenters. The van der Waals surface area contributed by atoms with Crippen molar-refractivity contribution in [1.29, 1.82) is 0 Å². The maximum atomic E-state index is 13.3. The quantitative estimate of drug-likeness (QED) is 0.225. The number of fused-ring (bicyclic) bond motifs is 2. The number of aromatic amines is 1. The van der Waals surface area contributed by atoms with Gasteiger partial charge >= 0.3 is 0 Å². The highest BCUT2D eigenvalue weighted by molar-refractivity contribution is 6.10. The molecule has 0 aliphatic carbocycles. The number of aryl methyl sites for hydroxylation is 2. The van der Waals surface area contributed by atoms with E-state index in [9.17, 15) is 4.79 Å². The van der Waals surface area contributed by atoms with E-state index in [0.717, 1.165) is 75.2 Å². The van der Waals surface area contributed by atoms with Crippen molar-refractivity contribution >= 4 is 22.6 Å². The number of anilines is 1. The van der Waals surface area contributed by atoms with Crippen LogP contribution in [-0.4, -0.2) is 36.1 Å². The highest BCUT2D eigenvalue weighted by Crippen LogP contribution is 2.34. The summed E-state index contributed by atoms with van der Waals surface area (Å²) >= 11 is 0. The number of hydrogen-bond acceptors (Lipinski definition) is 5. The fraction of sp³-hybridized carbons (Fsp3) is 0.206. The third-order valence-corrected chi connectivity index (χ3v) is 8.13. The molecule has 1 aliphatic rings. The van der Waals surface area contributed by atoms with Gasteiger partial charge in [-0.2, -0.15) is 0 Å². The van der Waals surface area contributed by atoms with E-state index in [1.54, 1.807) is 0 Å². The molecule has 8 nitrogen and oxygen atoms in total. The molecule has 1 amide bonds. The molecule has 208 valence electrons. The van der Waals surface area contributed by atoms with Crippen LogP contribution in [0.15, 0.2) is 84.9 Å². The van der Waals surface area contributed by atoms with Crippen LogP contribution in [0.2, 0.25) is 0 Å². The van der Waals surface area contributed by atoms with Crippen LogP contribution in [0.25, 0.3) is 33.5 Å². The predicted molar refractivity (Wildman–Crippen MR) is 164 cm³/mol. The van der Waals surface area contributed by atoms with Gasteiger partial charge in [0.15, 0.2) is 5.82 Å². The Kier molecular flexibility index (Phi) is 6.58. The second kappa shape index (κ2) is 10.7. The lowest BCUT2D eigenvalue weighted by Crippen LogP contribution is -2.23. The largest absolute Gasteiger partial charge is 0.323 e. The molecule has 1 aliphatic heterocycles. The Bertz CT molecular complexity index is 1910. The molecule has 0 radical (unpaired) electrons. The number of imidazole rings is 1. The van der Waals surface area contributed by atoms with Gasteiger partial charge in [-0.3, -0.25) is 4.79 Å². The molecular formula is C34H31N7O. The minimum atomic E-state index is 0.0543. The number of amides is 1. The number of aromatic nitrogens is 6. The molecule has 0 atom stereocenters. The van der Waals surface area contributed by atoms with Gasteiger partial charge in [0.25, 0.3) is 5.91 Å². The summed E-state index contributed by atoms with van der Waals surface area (Å²) in [6, 6.07) is 28.9. The van der Waals surface area contributed by atoms with Crippen LogP contribution < -0.4 is 4.90 Å². The predicted octanol–water partition coefficient (Wildman–Crippen LogP) is 6.74. The number of carbonyl (C=O) groups is 1. The second-order valence-electron chi connectivity index (χ2n) is 10.9. The summed E-state index contributed by atoms with van der Waals surface area (Å²) in [5.41, 5.74) is 10.2. The molecule has 7 rings (SSSR count). The number of tetrazole rings is 1. The summed E-state index contributed by atoms with van der Waals surface area (Å²) in [6.45, 7) is 5.58. The van der Waals surface area contributed by atoms with Crippen LogP contribution in [0.1, 0.15) is 52.6 Å². The lowest BCUT2D eigenvalue weighted by atomic mass is 9.98. The third kappa shape index (κ3) is 4.55. The lowest BCUT2D eigenvalue weighted by Gasteiger charge is -2.18. The van der Waals surface area contributed by atoms with Gasteiger partial charge in [-0.05, 0) is 69.8 Å². The molecule has 0 saturated carbocycles. The van der Waals surface area contributed by atoms with Crippen molar-refractivity contribution in [3.63, 3.8) is 0 Å². The number of carbonyl (C=O) groups excluding carboxylic acids is 1. The van der Waals surface area contributed by atoms with Crippen LogP contribution in [0.5, 0.6) is 0 Å². The molecule has 6 aromatic rings. The first-order valence-electron chi connectivity index (χ1n) is 14.4. The Morgan fingerprint density at radius 2 is 1.67 bits per heavy atom. The van der Waals surface area contributed by atoms with Crippen molar-refractivity contribution in [2.24, 2.45) is 0 Å². The first kappa shape index (κ1) is 25.8. The molecule has 3 heterocycles. The average molecular weight is 554 g/mol. The van der Waals surface area contributed by atoms with E-state index in [1.807, 2.05) is 47.4 Å². The minimum absolute atomic E-state index is 0.0543. The van der Waals surface area contributed by atoms with Gasteiger partial charge in [-0.15, -0.1) is 5.10 Å². The zero-order valence-corrected chi connectivity index (χ0v) is 23.7. The van der Waals surface area contributed by atoms with Crippen LogP contribution in [0.4, 0.5) is 5.69 Å². The minimum Gasteiger partial charge on any atom is -0.323 e. The zero-order valence-electron chi connectivity index (χ0n) is 23.7. The van der Waals surface area contributed by atoms with Crippen LogP contribution in [0.3, 0.4) is 0 Å². The topological polar surface area (TPSA) is 92.6 Å². The molecule has 1 N–H and O–H groups in total. The van der Waals surface area contributed by atoms with E-state index in [1.165, 1.54) is 5.56 Å². The summed E-state index contributed by atoms with van der Waals surface area (Å²) in [4.78, 5) is 20.3. The Morgan fingerprint density at radius 3 is 2.40 bits per heavy atom. The molecule has 4 aromatic carbocycles. The van der Waals surface area contributed by atoms with Crippen molar-refractivity contribution in [2.45, 2.75) is 46.2 Å². The molecule has 0 fully saturated rings. The molecule has 8 heteroatoms. The Hall–Kier alpha value is -5.11. The Morgan fingerprint density at radius 1 is 0.905 bits per heavy atom. The van der Waals surface area contributed by atoms with Gasteiger partial charge in [-0.1, -0.05) is 80.1 Å². The SMILES string of the molecule is CCCCc1nc2c(C)cc(N3Cc4ccccc4C3=O)cc2n1Cc1ccc(-c2ccccc2-c2nnn[nH]2)cc1. The fourth-order valence-corrected chi connectivity index (χ4v) is 5.93. The number of rotatable bonds is 8. The molecular weight excluding hydrogens is 522 g/mol. The smallest absolute Gasteiger partial charge is 0.258 e. The van der Waals surface area contributed by atoms with Crippen molar-refractivity contribution in [1.82, 2.24) is 30.2 Å². The van der Waals surface area contributed by atoms with E-state index in [0.29, 0.717) is 18.9 Å². The summed E-state index contributed by atoms with van der Waals surface area (Å²) < 4.78 is 2.33. The van der Waals surface area contributed by atoms with Gasteiger partial charge in [0.2, 0.25) is 0 Å². The number of nitrogens with one attached hydrogen (secondary N) is 1. The van der Waals surface area contributed by atoms with Gasteiger partial charge in [-0.25, -0.2) is 10.1 Å².